The van der Waals surface area contributed by atoms with Crippen molar-refractivity contribution in [2.45, 2.75) is 32.2 Å². The van der Waals surface area contributed by atoms with Crippen LogP contribution in [0.1, 0.15) is 40.3 Å². The fourth-order valence-corrected chi connectivity index (χ4v) is 2.55. The number of carbonyl (C=O) groups excluding carboxylic acids is 1. The average molecular weight is 283 g/mol. The molecule has 0 atom stereocenters. The van der Waals surface area contributed by atoms with Crippen LogP contribution in [0.25, 0.3) is 0 Å². The van der Waals surface area contributed by atoms with Gasteiger partial charge in [0.2, 0.25) is 0 Å². The van der Waals surface area contributed by atoms with Gasteiger partial charge in [-0.2, -0.15) is 0 Å². The van der Waals surface area contributed by atoms with Crippen LogP contribution < -0.4 is 10.7 Å². The van der Waals surface area contributed by atoms with Gasteiger partial charge in [0.05, 0.1) is 5.54 Å². The van der Waals surface area contributed by atoms with E-state index in [9.17, 15) is 9.59 Å². The van der Waals surface area contributed by atoms with Crippen molar-refractivity contribution in [2.24, 2.45) is 0 Å². The first-order valence-corrected chi connectivity index (χ1v) is 7.00. The number of amides is 1. The zero-order valence-corrected chi connectivity index (χ0v) is 12.1. The van der Waals surface area contributed by atoms with E-state index in [1.165, 1.54) is 12.1 Å². The first-order chi connectivity index (χ1) is 9.98. The largest absolute Gasteiger partial charge is 0.456 e. The molecule has 2 aromatic rings. The molecule has 0 spiro atoms. The topological polar surface area (TPSA) is 59.3 Å². The molecular weight excluding hydrogens is 266 g/mol. The molecule has 1 amide bonds. The van der Waals surface area contributed by atoms with Crippen molar-refractivity contribution in [1.29, 1.82) is 0 Å². The summed E-state index contributed by atoms with van der Waals surface area (Å²) in [6.07, 6.45) is 1.80. The van der Waals surface area contributed by atoms with Crippen LogP contribution in [0, 0.1) is 13.8 Å². The number of nitrogens with one attached hydrogen (secondary N) is 1. The molecule has 0 saturated heterocycles. The Morgan fingerprint density at radius 3 is 2.57 bits per heavy atom. The highest BCUT2D eigenvalue weighted by Crippen LogP contribution is 2.45. The van der Waals surface area contributed by atoms with Crippen LogP contribution in [-0.2, 0) is 5.54 Å². The van der Waals surface area contributed by atoms with Gasteiger partial charge in [0, 0.05) is 12.1 Å². The summed E-state index contributed by atoms with van der Waals surface area (Å²) in [5.74, 6) is 0.168. The normalized spacial score (nSPS) is 15.5. The number of carbonyl (C=O) groups is 1. The molecular formula is C17H17NO3. The number of rotatable bonds is 3. The maximum Gasteiger partial charge on any atom is 0.287 e. The van der Waals surface area contributed by atoms with Crippen LogP contribution in [0.2, 0.25) is 0 Å². The summed E-state index contributed by atoms with van der Waals surface area (Å²) in [6, 6.07) is 10.7. The van der Waals surface area contributed by atoms with E-state index < -0.39 is 0 Å². The first-order valence-electron chi connectivity index (χ1n) is 7.00. The number of hydrogen-bond donors (Lipinski definition) is 1. The van der Waals surface area contributed by atoms with E-state index in [4.69, 9.17) is 4.42 Å². The van der Waals surface area contributed by atoms with E-state index >= 15 is 0 Å². The molecule has 1 saturated carbocycles. The van der Waals surface area contributed by atoms with Crippen molar-refractivity contribution in [2.75, 3.05) is 0 Å². The lowest BCUT2D eigenvalue weighted by Gasteiger charge is -2.18. The van der Waals surface area contributed by atoms with Crippen molar-refractivity contribution in [1.82, 2.24) is 5.32 Å². The predicted octanol–water partition coefficient (Wildman–Crippen LogP) is 2.68. The monoisotopic (exact) mass is 283 g/mol. The fraction of sp³-hybridized carbons (Fsp3) is 0.294. The molecule has 4 heteroatoms. The molecule has 3 rings (SSSR count). The molecule has 1 heterocycles. The minimum absolute atomic E-state index is 0.0685. The summed E-state index contributed by atoms with van der Waals surface area (Å²) in [5, 5.41) is 3.01. The lowest BCUT2D eigenvalue weighted by Crippen LogP contribution is -2.35. The summed E-state index contributed by atoms with van der Waals surface area (Å²) in [7, 11) is 0. The molecule has 1 aliphatic carbocycles. The van der Waals surface area contributed by atoms with Crippen molar-refractivity contribution in [3.63, 3.8) is 0 Å². The van der Waals surface area contributed by atoms with Crippen LogP contribution in [-0.4, -0.2) is 5.91 Å². The highest BCUT2D eigenvalue weighted by atomic mass is 16.3. The first kappa shape index (κ1) is 13.6. The molecule has 0 radical (unpaired) electrons. The molecule has 21 heavy (non-hydrogen) atoms. The molecule has 0 unspecified atom stereocenters. The second kappa shape index (κ2) is 4.88. The van der Waals surface area contributed by atoms with Crippen LogP contribution in [0.5, 0.6) is 0 Å². The summed E-state index contributed by atoms with van der Waals surface area (Å²) < 4.78 is 5.34. The van der Waals surface area contributed by atoms with Crippen molar-refractivity contribution >= 4 is 5.91 Å². The van der Waals surface area contributed by atoms with Gasteiger partial charge in [0.15, 0.2) is 11.2 Å². The summed E-state index contributed by atoms with van der Waals surface area (Å²) in [4.78, 5) is 23.8. The highest BCUT2D eigenvalue weighted by molar-refractivity contribution is 5.92. The number of benzene rings is 1. The van der Waals surface area contributed by atoms with Gasteiger partial charge < -0.3 is 9.73 Å². The summed E-state index contributed by atoms with van der Waals surface area (Å²) >= 11 is 0. The number of aryl methyl sites for hydroxylation is 2. The van der Waals surface area contributed by atoms with E-state index in [1.807, 2.05) is 25.1 Å². The molecule has 1 N–H and O–H groups in total. The van der Waals surface area contributed by atoms with Gasteiger partial charge >= 0.3 is 0 Å². The second-order valence-electron chi connectivity index (χ2n) is 5.67. The van der Waals surface area contributed by atoms with Crippen LogP contribution in [0.15, 0.2) is 45.6 Å². The van der Waals surface area contributed by atoms with Crippen molar-refractivity contribution in [3.8, 4) is 0 Å². The Balaban J connectivity index is 1.86. The van der Waals surface area contributed by atoms with Crippen LogP contribution >= 0.6 is 0 Å². The van der Waals surface area contributed by atoms with Gasteiger partial charge in [-0.05, 0) is 32.3 Å². The smallest absolute Gasteiger partial charge is 0.287 e. The molecule has 4 nitrogen and oxygen atoms in total. The predicted molar refractivity (Wildman–Crippen MR) is 79.3 cm³/mol. The third-order valence-electron chi connectivity index (χ3n) is 3.79. The van der Waals surface area contributed by atoms with E-state index in [2.05, 4.69) is 11.4 Å². The molecule has 1 aromatic heterocycles. The highest BCUT2D eigenvalue weighted by Gasteiger charge is 2.46. The van der Waals surface area contributed by atoms with E-state index in [1.54, 1.807) is 6.92 Å². The van der Waals surface area contributed by atoms with Crippen LogP contribution in [0.3, 0.4) is 0 Å². The molecule has 108 valence electrons. The molecule has 1 aromatic carbocycles. The molecule has 1 fully saturated rings. The Kier molecular flexibility index (Phi) is 3.16. The van der Waals surface area contributed by atoms with Crippen molar-refractivity contribution in [3.05, 3.63) is 69.3 Å². The molecule has 1 aliphatic rings. The quantitative estimate of drug-likeness (QED) is 0.942. The zero-order chi connectivity index (χ0) is 15.0. The standard InChI is InChI=1S/C17H17NO3/c1-11-4-3-5-13(8-11)17(6-7-17)18-16(20)15-10-14(19)9-12(2)21-15/h3-5,8-10H,6-7H2,1-2H3,(H,18,20). The zero-order valence-electron chi connectivity index (χ0n) is 12.1. The third-order valence-corrected chi connectivity index (χ3v) is 3.79. The lowest BCUT2D eigenvalue weighted by atomic mass is 10.0. The molecule has 0 bridgehead atoms. The van der Waals surface area contributed by atoms with Gasteiger partial charge in [-0.25, -0.2) is 0 Å². The second-order valence-corrected chi connectivity index (χ2v) is 5.67. The maximum absolute atomic E-state index is 12.3. The summed E-state index contributed by atoms with van der Waals surface area (Å²) in [6.45, 7) is 3.69. The van der Waals surface area contributed by atoms with Gasteiger partial charge in [-0.3, -0.25) is 9.59 Å². The minimum atomic E-state index is -0.338. The maximum atomic E-state index is 12.3. The SMILES string of the molecule is Cc1cccc(C2(NC(=O)c3cc(=O)cc(C)o3)CC2)c1. The Labute approximate surface area is 122 Å². The Morgan fingerprint density at radius 2 is 1.95 bits per heavy atom. The van der Waals surface area contributed by atoms with Gasteiger partial charge in [0.25, 0.3) is 5.91 Å². The van der Waals surface area contributed by atoms with Gasteiger partial charge in [0.1, 0.15) is 5.76 Å². The van der Waals surface area contributed by atoms with Gasteiger partial charge in [-0.1, -0.05) is 29.8 Å². The van der Waals surface area contributed by atoms with E-state index in [-0.39, 0.29) is 22.6 Å². The minimum Gasteiger partial charge on any atom is -0.456 e. The van der Waals surface area contributed by atoms with Crippen molar-refractivity contribution < 1.29 is 9.21 Å². The Morgan fingerprint density at radius 1 is 1.19 bits per heavy atom. The van der Waals surface area contributed by atoms with Gasteiger partial charge in [-0.15, -0.1) is 0 Å². The average Bonchev–Trinajstić information content (AvgIpc) is 3.18. The van der Waals surface area contributed by atoms with Crippen LogP contribution in [0.4, 0.5) is 0 Å². The van der Waals surface area contributed by atoms with E-state index in [0.29, 0.717) is 5.76 Å². The summed E-state index contributed by atoms with van der Waals surface area (Å²) in [5.41, 5.74) is 1.73. The fourth-order valence-electron chi connectivity index (χ4n) is 2.55. The Hall–Kier alpha value is -2.36. The Bertz CT molecular complexity index is 757. The van der Waals surface area contributed by atoms with E-state index in [0.717, 1.165) is 24.0 Å². The lowest BCUT2D eigenvalue weighted by molar-refractivity contribution is 0.0898. The molecule has 0 aliphatic heterocycles. The number of hydrogen-bond acceptors (Lipinski definition) is 3. The third kappa shape index (κ3) is 2.75.